The topological polar surface area (TPSA) is 55.0 Å². The van der Waals surface area contributed by atoms with Gasteiger partial charge in [-0.15, -0.1) is 0 Å². The summed E-state index contributed by atoms with van der Waals surface area (Å²) in [4.78, 5) is 12.0. The van der Waals surface area contributed by atoms with Crippen LogP contribution in [0.25, 0.3) is 0 Å². The molecule has 1 heterocycles. The third-order valence-electron chi connectivity index (χ3n) is 2.51. The highest BCUT2D eigenvalue weighted by atomic mass is 16.5. The highest BCUT2D eigenvalue weighted by molar-refractivity contribution is 5.82. The van der Waals surface area contributed by atoms with Crippen LogP contribution in [0.1, 0.15) is 24.0 Å². The number of hydrogen-bond donors (Lipinski definition) is 1. The third-order valence-corrected chi connectivity index (χ3v) is 2.51. The number of aromatic amines is 1. The van der Waals surface area contributed by atoms with Crippen LogP contribution in [0.15, 0.2) is 42.7 Å². The number of nitrogens with one attached hydrogen (secondary N) is 1. The van der Waals surface area contributed by atoms with Crippen LogP contribution in [-0.4, -0.2) is 22.8 Å². The van der Waals surface area contributed by atoms with Crippen molar-refractivity contribution in [3.05, 3.63) is 53.9 Å². The summed E-state index contributed by atoms with van der Waals surface area (Å²) in [5, 5.41) is 6.60. The molecule has 2 rings (SSSR count). The van der Waals surface area contributed by atoms with Crippen LogP contribution in [0.3, 0.4) is 0 Å². The first kappa shape index (κ1) is 11.4. The van der Waals surface area contributed by atoms with Crippen molar-refractivity contribution in [3.8, 4) is 0 Å². The fourth-order valence-electron chi connectivity index (χ4n) is 1.75. The zero-order chi connectivity index (χ0) is 12.1. The van der Waals surface area contributed by atoms with Gasteiger partial charge in [0.1, 0.15) is 5.92 Å². The van der Waals surface area contributed by atoms with Crippen molar-refractivity contribution in [1.29, 1.82) is 0 Å². The van der Waals surface area contributed by atoms with Crippen LogP contribution in [0, 0.1) is 0 Å². The second-order valence-electron chi connectivity index (χ2n) is 3.63. The summed E-state index contributed by atoms with van der Waals surface area (Å²) in [6.45, 7) is 2.18. The molecule has 0 aliphatic carbocycles. The Morgan fingerprint density at radius 2 is 2.12 bits per heavy atom. The smallest absolute Gasteiger partial charge is 0.318 e. The number of esters is 1. The lowest BCUT2D eigenvalue weighted by molar-refractivity contribution is -0.143. The molecular formula is C13H14N2O2. The van der Waals surface area contributed by atoms with E-state index in [0.29, 0.717) is 6.61 Å². The van der Waals surface area contributed by atoms with E-state index in [1.165, 1.54) is 0 Å². The lowest BCUT2D eigenvalue weighted by atomic mass is 9.94. The molecule has 0 saturated heterocycles. The molecule has 2 aromatic rings. The Morgan fingerprint density at radius 3 is 2.71 bits per heavy atom. The number of aromatic nitrogens is 2. The molecule has 0 bridgehead atoms. The Balaban J connectivity index is 2.35. The Hall–Kier alpha value is -2.10. The summed E-state index contributed by atoms with van der Waals surface area (Å²) in [6, 6.07) is 9.55. The van der Waals surface area contributed by atoms with Gasteiger partial charge in [0.2, 0.25) is 0 Å². The van der Waals surface area contributed by atoms with Crippen molar-refractivity contribution >= 4 is 5.97 Å². The third kappa shape index (κ3) is 2.53. The lowest BCUT2D eigenvalue weighted by Crippen LogP contribution is -2.16. The van der Waals surface area contributed by atoms with Crippen LogP contribution in [0.2, 0.25) is 0 Å². The monoisotopic (exact) mass is 230 g/mol. The maximum absolute atomic E-state index is 12.0. The predicted molar refractivity (Wildman–Crippen MR) is 63.5 cm³/mol. The number of rotatable bonds is 4. The highest BCUT2D eigenvalue weighted by Gasteiger charge is 2.24. The number of hydrogen-bond acceptors (Lipinski definition) is 3. The van der Waals surface area contributed by atoms with Gasteiger partial charge < -0.3 is 4.74 Å². The van der Waals surface area contributed by atoms with Crippen LogP contribution in [0.4, 0.5) is 0 Å². The van der Waals surface area contributed by atoms with Crippen molar-refractivity contribution < 1.29 is 9.53 Å². The SMILES string of the molecule is CCOC(=O)C(c1ccccc1)c1cn[nH]c1. The van der Waals surface area contributed by atoms with Crippen LogP contribution >= 0.6 is 0 Å². The molecule has 1 N–H and O–H groups in total. The van der Waals surface area contributed by atoms with Gasteiger partial charge >= 0.3 is 5.97 Å². The molecule has 0 amide bonds. The van der Waals surface area contributed by atoms with E-state index in [2.05, 4.69) is 10.2 Å². The fraction of sp³-hybridized carbons (Fsp3) is 0.231. The molecule has 0 saturated carbocycles. The molecule has 0 spiro atoms. The number of ether oxygens (including phenoxy) is 1. The van der Waals surface area contributed by atoms with Crippen molar-refractivity contribution in [2.24, 2.45) is 0 Å². The first-order chi connectivity index (χ1) is 8.33. The Labute approximate surface area is 99.6 Å². The van der Waals surface area contributed by atoms with Gasteiger partial charge in [-0.2, -0.15) is 5.10 Å². The Morgan fingerprint density at radius 1 is 1.35 bits per heavy atom. The second kappa shape index (κ2) is 5.30. The van der Waals surface area contributed by atoms with E-state index in [1.807, 2.05) is 30.3 Å². The van der Waals surface area contributed by atoms with Gasteiger partial charge in [0.15, 0.2) is 0 Å². The van der Waals surface area contributed by atoms with Gasteiger partial charge in [-0.25, -0.2) is 0 Å². The summed E-state index contributed by atoms with van der Waals surface area (Å²) in [6.07, 6.45) is 3.36. The van der Waals surface area contributed by atoms with Gasteiger partial charge in [0, 0.05) is 11.8 Å². The summed E-state index contributed by atoms with van der Waals surface area (Å²) in [5.74, 6) is -0.657. The normalized spacial score (nSPS) is 12.1. The molecular weight excluding hydrogens is 216 g/mol. The number of carbonyl (C=O) groups excluding carboxylic acids is 1. The maximum atomic E-state index is 12.0. The number of carbonyl (C=O) groups is 1. The van der Waals surface area contributed by atoms with Gasteiger partial charge in [0.05, 0.1) is 12.8 Å². The quantitative estimate of drug-likeness (QED) is 0.818. The van der Waals surface area contributed by atoms with E-state index in [4.69, 9.17) is 4.74 Å². The first-order valence-electron chi connectivity index (χ1n) is 5.53. The van der Waals surface area contributed by atoms with Crippen LogP contribution in [-0.2, 0) is 9.53 Å². The van der Waals surface area contributed by atoms with Crippen molar-refractivity contribution in [2.75, 3.05) is 6.61 Å². The van der Waals surface area contributed by atoms with Crippen molar-refractivity contribution in [3.63, 3.8) is 0 Å². The van der Waals surface area contributed by atoms with E-state index in [9.17, 15) is 4.79 Å². The number of nitrogens with zero attached hydrogens (tertiary/aromatic N) is 1. The van der Waals surface area contributed by atoms with Gasteiger partial charge in [-0.05, 0) is 12.5 Å². The molecule has 0 aliphatic rings. The molecule has 0 fully saturated rings. The molecule has 1 aromatic carbocycles. The molecule has 1 unspecified atom stereocenters. The Kier molecular flexibility index (Phi) is 3.55. The van der Waals surface area contributed by atoms with Gasteiger partial charge in [-0.1, -0.05) is 30.3 Å². The standard InChI is InChI=1S/C13H14N2O2/c1-2-17-13(16)12(11-8-14-15-9-11)10-6-4-3-5-7-10/h3-9,12H,2H2,1H3,(H,14,15). The molecule has 1 aromatic heterocycles. The number of benzene rings is 1. The average molecular weight is 230 g/mol. The molecule has 1 atom stereocenters. The summed E-state index contributed by atoms with van der Waals surface area (Å²) >= 11 is 0. The molecule has 88 valence electrons. The minimum atomic E-state index is -0.408. The van der Waals surface area contributed by atoms with Gasteiger partial charge in [-0.3, -0.25) is 9.89 Å². The second-order valence-corrected chi connectivity index (χ2v) is 3.63. The molecule has 4 heteroatoms. The summed E-state index contributed by atoms with van der Waals surface area (Å²) < 4.78 is 5.10. The molecule has 0 radical (unpaired) electrons. The Bertz CT molecular complexity index is 465. The largest absolute Gasteiger partial charge is 0.465 e. The van der Waals surface area contributed by atoms with Crippen molar-refractivity contribution in [1.82, 2.24) is 10.2 Å². The predicted octanol–water partition coefficient (Wildman–Crippen LogP) is 2.10. The minimum absolute atomic E-state index is 0.250. The van der Waals surface area contributed by atoms with Crippen LogP contribution in [0.5, 0.6) is 0 Å². The van der Waals surface area contributed by atoms with E-state index < -0.39 is 5.92 Å². The molecule has 0 aliphatic heterocycles. The lowest BCUT2D eigenvalue weighted by Gasteiger charge is -2.14. The van der Waals surface area contributed by atoms with E-state index in [1.54, 1.807) is 19.3 Å². The highest BCUT2D eigenvalue weighted by Crippen LogP contribution is 2.24. The van der Waals surface area contributed by atoms with E-state index in [0.717, 1.165) is 11.1 Å². The molecule has 4 nitrogen and oxygen atoms in total. The molecule has 17 heavy (non-hydrogen) atoms. The van der Waals surface area contributed by atoms with Gasteiger partial charge in [0.25, 0.3) is 0 Å². The van der Waals surface area contributed by atoms with E-state index in [-0.39, 0.29) is 5.97 Å². The summed E-state index contributed by atoms with van der Waals surface area (Å²) in [5.41, 5.74) is 1.72. The first-order valence-corrected chi connectivity index (χ1v) is 5.53. The van der Waals surface area contributed by atoms with Crippen molar-refractivity contribution in [2.45, 2.75) is 12.8 Å². The zero-order valence-corrected chi connectivity index (χ0v) is 9.59. The number of H-pyrrole nitrogens is 1. The average Bonchev–Trinajstić information content (AvgIpc) is 2.85. The minimum Gasteiger partial charge on any atom is -0.465 e. The summed E-state index contributed by atoms with van der Waals surface area (Å²) in [7, 11) is 0. The van der Waals surface area contributed by atoms with Crippen LogP contribution < -0.4 is 0 Å². The fourth-order valence-corrected chi connectivity index (χ4v) is 1.75. The maximum Gasteiger partial charge on any atom is 0.318 e. The van der Waals surface area contributed by atoms with E-state index >= 15 is 0 Å². The zero-order valence-electron chi connectivity index (χ0n) is 9.59.